The molecule has 0 aliphatic heterocycles. The number of halogens is 2. The number of sulfone groups is 2. The third kappa shape index (κ3) is 14.8. The van der Waals surface area contributed by atoms with Gasteiger partial charge in [0, 0.05) is 24.6 Å². The van der Waals surface area contributed by atoms with Gasteiger partial charge in [-0.15, -0.1) is 0 Å². The van der Waals surface area contributed by atoms with Gasteiger partial charge in [-0.2, -0.15) is 0 Å². The molecule has 0 aliphatic rings. The van der Waals surface area contributed by atoms with Crippen LogP contribution in [0.2, 0.25) is 0 Å². The van der Waals surface area contributed by atoms with E-state index in [0.717, 1.165) is 16.7 Å². The van der Waals surface area contributed by atoms with Gasteiger partial charge in [-0.25, -0.2) is 16.8 Å². The molecule has 0 heterocycles. The van der Waals surface area contributed by atoms with E-state index < -0.39 is 25.7 Å². The van der Waals surface area contributed by atoms with Crippen LogP contribution in [0.25, 0.3) is 0 Å². The van der Waals surface area contributed by atoms with Crippen LogP contribution in [0.4, 0.5) is 0 Å². The van der Waals surface area contributed by atoms with E-state index in [2.05, 4.69) is 45.3 Å². The fraction of sp³-hybridized carbons (Fsp3) is 0.478. The first-order valence-corrected chi connectivity index (χ1v) is 23.5. The van der Waals surface area contributed by atoms with Gasteiger partial charge in [0.25, 0.3) is 0 Å². The predicted molar refractivity (Wildman–Crippen MR) is 158 cm³/mol. The topological polar surface area (TPSA) is 106 Å². The Morgan fingerprint density at radius 1 is 0.794 bits per heavy atom. The van der Waals surface area contributed by atoms with Crippen molar-refractivity contribution in [2.24, 2.45) is 5.73 Å². The molecule has 2 aromatic carbocycles. The summed E-state index contributed by atoms with van der Waals surface area (Å²) in [5.74, 6) is 0.126. The van der Waals surface area contributed by atoms with E-state index in [1.165, 1.54) is 29.2 Å². The number of hydrogen-bond acceptors (Lipinski definition) is 6. The van der Waals surface area contributed by atoms with Crippen molar-refractivity contribution in [1.82, 2.24) is 5.32 Å². The zero-order valence-electron chi connectivity index (χ0n) is 20.8. The van der Waals surface area contributed by atoms with Crippen LogP contribution in [0, 0.1) is 27.7 Å². The molecule has 0 saturated carbocycles. The molecule has 0 spiro atoms. The molecule has 2 aromatic rings. The van der Waals surface area contributed by atoms with Crippen LogP contribution in [0.1, 0.15) is 45.5 Å². The first-order chi connectivity index (χ1) is 15.5. The summed E-state index contributed by atoms with van der Waals surface area (Å²) >= 11 is 4.74. The van der Waals surface area contributed by atoms with Crippen molar-refractivity contribution in [2.45, 2.75) is 39.8 Å². The van der Waals surface area contributed by atoms with Crippen LogP contribution < -0.4 is 11.1 Å². The first kappa shape index (κ1) is 34.3. The van der Waals surface area contributed by atoms with Crippen LogP contribution in [0.3, 0.4) is 0 Å². The number of nitrogens with one attached hydrogen (secondary N) is 1. The molecule has 11 heteroatoms. The van der Waals surface area contributed by atoms with Gasteiger partial charge in [-0.3, -0.25) is 0 Å². The second-order valence-corrected chi connectivity index (χ2v) is 24.5. The van der Waals surface area contributed by atoms with Crippen molar-refractivity contribution < 1.29 is 26.3 Å². The van der Waals surface area contributed by atoms with Gasteiger partial charge in [0.05, 0.1) is 11.5 Å². The molecule has 0 aromatic heterocycles. The Labute approximate surface area is 235 Å². The summed E-state index contributed by atoms with van der Waals surface area (Å²) < 4.78 is 44.7. The third-order valence-corrected chi connectivity index (χ3v) is 7.10. The molecule has 0 bridgehead atoms. The molecule has 6 nitrogen and oxygen atoms in total. The Kier molecular flexibility index (Phi) is 16.4. The average Bonchev–Trinajstić information content (AvgIpc) is 2.69. The molecule has 0 aliphatic carbocycles. The molecule has 0 saturated heterocycles. The Morgan fingerprint density at radius 3 is 1.53 bits per heavy atom. The summed E-state index contributed by atoms with van der Waals surface area (Å²) in [7, 11) is -3.58. The van der Waals surface area contributed by atoms with Gasteiger partial charge in [0.1, 0.15) is 19.7 Å². The van der Waals surface area contributed by atoms with Crippen molar-refractivity contribution >= 4 is 59.6 Å². The molecular weight excluding hydrogens is 737 g/mol. The van der Waals surface area contributed by atoms with Crippen LogP contribution in [-0.4, -0.2) is 47.9 Å². The fourth-order valence-electron chi connectivity index (χ4n) is 3.05. The van der Waals surface area contributed by atoms with E-state index in [1.807, 2.05) is 64.1 Å². The Balaban J connectivity index is 0.000000575. The second-order valence-electron chi connectivity index (χ2n) is 8.38. The number of hydrogen-bond donors (Lipinski definition) is 2. The maximum atomic E-state index is 11.3. The molecule has 34 heavy (non-hydrogen) atoms. The van der Waals surface area contributed by atoms with E-state index >= 15 is 0 Å². The van der Waals surface area contributed by atoms with Crippen molar-refractivity contribution in [1.29, 1.82) is 0 Å². The summed E-state index contributed by atoms with van der Waals surface area (Å²) in [6.07, 6.45) is 2.46. The van der Waals surface area contributed by atoms with Crippen molar-refractivity contribution in [2.75, 3.05) is 31.1 Å². The average molecular weight is 773 g/mol. The molecule has 2 rings (SSSR count). The van der Waals surface area contributed by atoms with Gasteiger partial charge >= 0.3 is 49.4 Å². The summed E-state index contributed by atoms with van der Waals surface area (Å²) in [5.41, 5.74) is 12.5. The zero-order chi connectivity index (χ0) is 26.7. The number of aryl methyl sites for hydroxylation is 4. The Bertz CT molecular complexity index is 1130. The molecular formula is C23H36I2N2O4S2V. The van der Waals surface area contributed by atoms with E-state index in [0.29, 0.717) is 9.47 Å². The number of nitrogens with two attached hydrogens (primary N) is 1. The number of rotatable bonds is 7. The Hall–Kier alpha value is 0.304. The Morgan fingerprint density at radius 2 is 1.18 bits per heavy atom. The van der Waals surface area contributed by atoms with Crippen LogP contribution >= 0.6 is 40.0 Å². The zero-order valence-corrected chi connectivity index (χ0v) is 28.1. The minimum atomic E-state index is -3.02. The summed E-state index contributed by atoms with van der Waals surface area (Å²) in [6, 6.07) is 11.3. The molecule has 193 valence electrons. The standard InChI is InChI=1S/C12H19NO2S.C11H17NO2S.2HI.V/c1-9-5-6-11(7-10(9)2)12(13-3)8-16(4,14)15;1-8-4-5-10(6-9(8)2)11(12)7-15(3,13)14;;;/h5-7,12-13H,8H2,1-4H3;4-6,11H,7,12H2,1-3H3;2*1H;/q;;;;+2/p-2/t;11-;;;/m.0.../s1. The van der Waals surface area contributed by atoms with Crippen LogP contribution in [0.5, 0.6) is 0 Å². The van der Waals surface area contributed by atoms with Gasteiger partial charge in [-0.1, -0.05) is 36.4 Å². The van der Waals surface area contributed by atoms with Gasteiger partial charge in [0.15, 0.2) is 0 Å². The molecule has 1 unspecified atom stereocenters. The quantitative estimate of drug-likeness (QED) is 0.395. The predicted octanol–water partition coefficient (Wildman–Crippen LogP) is 4.73. The number of benzene rings is 2. The van der Waals surface area contributed by atoms with Crippen LogP contribution in [0.15, 0.2) is 36.4 Å². The van der Waals surface area contributed by atoms with Gasteiger partial charge in [-0.05, 0) is 68.1 Å². The summed E-state index contributed by atoms with van der Waals surface area (Å²) in [5, 5.41) is 3.04. The van der Waals surface area contributed by atoms with E-state index in [-0.39, 0.29) is 17.5 Å². The van der Waals surface area contributed by atoms with Gasteiger partial charge < -0.3 is 11.1 Å². The van der Waals surface area contributed by atoms with E-state index in [1.54, 1.807) is 7.05 Å². The first-order valence-electron chi connectivity index (χ1n) is 10.4. The molecule has 2 atom stereocenters. The van der Waals surface area contributed by atoms with Crippen LogP contribution in [-0.2, 0) is 29.1 Å². The van der Waals surface area contributed by atoms with E-state index in [9.17, 15) is 16.8 Å². The molecule has 0 radical (unpaired) electrons. The summed E-state index contributed by atoms with van der Waals surface area (Å²) in [4.78, 5) is 0. The van der Waals surface area contributed by atoms with Crippen molar-refractivity contribution in [3.8, 4) is 0 Å². The molecule has 3 N–H and O–H groups in total. The summed E-state index contributed by atoms with van der Waals surface area (Å²) in [6.45, 7) is 8.09. The minimum absolute atomic E-state index is 0.00446. The van der Waals surface area contributed by atoms with E-state index in [4.69, 9.17) is 5.73 Å². The third-order valence-electron chi connectivity index (χ3n) is 5.19. The normalized spacial score (nSPS) is 13.0. The van der Waals surface area contributed by atoms with Crippen molar-refractivity contribution in [3.63, 3.8) is 0 Å². The SMILES string of the molecule is CNC(CS(C)(=O)=O)c1ccc(C)c(C)c1.Cc1ccc([C@@H](N)CS(C)(=O)=O)cc1C.[I][V][I]. The second kappa shape index (κ2) is 16.2. The monoisotopic (exact) mass is 773 g/mol. The molecule has 0 amide bonds. The fourth-order valence-corrected chi connectivity index (χ4v) is 4.86. The van der Waals surface area contributed by atoms with Crippen molar-refractivity contribution in [3.05, 3.63) is 69.8 Å². The maximum absolute atomic E-state index is 11.3. The molecule has 0 fully saturated rings. The van der Waals surface area contributed by atoms with Gasteiger partial charge in [0.2, 0.25) is 0 Å².